The van der Waals surface area contributed by atoms with E-state index in [9.17, 15) is 4.79 Å². The summed E-state index contributed by atoms with van der Waals surface area (Å²) in [4.78, 5) is 12.4. The van der Waals surface area contributed by atoms with Crippen molar-refractivity contribution in [2.24, 2.45) is 5.10 Å². The van der Waals surface area contributed by atoms with E-state index in [4.69, 9.17) is 10.6 Å². The van der Waals surface area contributed by atoms with Crippen LogP contribution in [0.5, 0.6) is 11.5 Å². The van der Waals surface area contributed by atoms with Gasteiger partial charge in [0.1, 0.15) is 11.5 Å². The van der Waals surface area contributed by atoms with Crippen molar-refractivity contribution < 1.29 is 9.53 Å². The van der Waals surface area contributed by atoms with E-state index in [1.165, 1.54) is 21.6 Å². The van der Waals surface area contributed by atoms with Crippen LogP contribution < -0.4 is 21.3 Å². The highest BCUT2D eigenvalue weighted by Crippen LogP contribution is 2.28. The molecule has 40 heavy (non-hydrogen) atoms. The minimum atomic E-state index is -0.256. The quantitative estimate of drug-likeness (QED) is 0.0590. The van der Waals surface area contributed by atoms with Gasteiger partial charge in [0.2, 0.25) is 16.2 Å². The lowest BCUT2D eigenvalue weighted by atomic mass is 10.2. The van der Waals surface area contributed by atoms with Gasteiger partial charge in [-0.2, -0.15) is 5.10 Å². The minimum absolute atomic E-state index is 0.0683. The number of thioether (sulfide) groups is 2. The van der Waals surface area contributed by atoms with Gasteiger partial charge in [-0.15, -0.1) is 20.4 Å². The van der Waals surface area contributed by atoms with E-state index in [-0.39, 0.29) is 17.6 Å². The molecule has 0 aliphatic carbocycles. The highest BCUT2D eigenvalue weighted by Gasteiger charge is 2.14. The first-order chi connectivity index (χ1) is 19.6. The number of nitrogen functional groups attached to an aromatic ring is 1. The number of hydrogen-bond acceptors (Lipinski definition) is 12. The van der Waals surface area contributed by atoms with Crippen LogP contribution in [0.4, 0.5) is 11.1 Å². The second-order valence-corrected chi connectivity index (χ2v) is 11.2. The monoisotopic (exact) mass is 589 g/mol. The highest BCUT2D eigenvalue weighted by atomic mass is 32.2. The molecule has 0 aliphatic rings. The standard InChI is InChI=1S/C26H23N9O2S3/c27-35-23(30-28-15-19-10-7-13-21(14-19)37-20-11-5-2-6-12-20)31-33-25(35)38-17-22(36)29-24-32-34-26(40-24)39-16-18-8-3-1-4-9-18/h1-15H,16-17,27H2,(H,30,31)(H,29,32,36)/b28-15+. The molecule has 14 heteroatoms. The average molecular weight is 590 g/mol. The van der Waals surface area contributed by atoms with Crippen LogP contribution in [0.1, 0.15) is 11.1 Å². The molecule has 5 rings (SSSR count). The first kappa shape index (κ1) is 27.2. The Morgan fingerprint density at radius 3 is 2.55 bits per heavy atom. The summed E-state index contributed by atoms with van der Waals surface area (Å²) in [5.41, 5.74) is 4.77. The Hall–Kier alpha value is -4.40. The lowest BCUT2D eigenvalue weighted by Crippen LogP contribution is -2.16. The van der Waals surface area contributed by atoms with Crippen LogP contribution >= 0.6 is 34.9 Å². The van der Waals surface area contributed by atoms with Gasteiger partial charge in [-0.05, 0) is 35.4 Å². The fraction of sp³-hybridized carbons (Fsp3) is 0.0769. The summed E-state index contributed by atoms with van der Waals surface area (Å²) in [7, 11) is 0. The number of aromatic nitrogens is 5. The number of amides is 1. The molecule has 0 saturated heterocycles. The molecule has 11 nitrogen and oxygen atoms in total. The van der Waals surface area contributed by atoms with Gasteiger partial charge in [0.15, 0.2) is 4.34 Å². The summed E-state index contributed by atoms with van der Waals surface area (Å²) in [6.07, 6.45) is 1.61. The van der Waals surface area contributed by atoms with E-state index < -0.39 is 0 Å². The fourth-order valence-corrected chi connectivity index (χ4v) is 5.60. The number of benzene rings is 3. The van der Waals surface area contributed by atoms with Crippen LogP contribution in [0, 0.1) is 0 Å². The first-order valence-electron chi connectivity index (χ1n) is 11.9. The molecule has 2 aromatic heterocycles. The van der Waals surface area contributed by atoms with Crippen molar-refractivity contribution in [3.05, 3.63) is 96.1 Å². The maximum absolute atomic E-state index is 12.4. The van der Waals surface area contributed by atoms with Gasteiger partial charge in [0.25, 0.3) is 5.95 Å². The van der Waals surface area contributed by atoms with E-state index in [0.29, 0.717) is 16.0 Å². The number of anilines is 2. The predicted molar refractivity (Wildman–Crippen MR) is 160 cm³/mol. The van der Waals surface area contributed by atoms with Crippen LogP contribution in [-0.2, 0) is 10.5 Å². The van der Waals surface area contributed by atoms with Gasteiger partial charge in [0.05, 0.1) is 12.0 Å². The number of ether oxygens (including phenoxy) is 1. The molecular formula is C26H23N9O2S3. The largest absolute Gasteiger partial charge is 0.457 e. The minimum Gasteiger partial charge on any atom is -0.457 e. The molecular weight excluding hydrogens is 567 g/mol. The maximum Gasteiger partial charge on any atom is 0.264 e. The van der Waals surface area contributed by atoms with Gasteiger partial charge < -0.3 is 10.6 Å². The van der Waals surface area contributed by atoms with E-state index in [1.54, 1.807) is 18.0 Å². The van der Waals surface area contributed by atoms with Gasteiger partial charge in [-0.1, -0.05) is 95.5 Å². The van der Waals surface area contributed by atoms with E-state index in [0.717, 1.165) is 33.2 Å². The molecule has 0 atom stereocenters. The number of hydrazone groups is 1. The Balaban J connectivity index is 1.08. The summed E-state index contributed by atoms with van der Waals surface area (Å²) in [6.45, 7) is 0. The van der Waals surface area contributed by atoms with Crippen molar-refractivity contribution >= 4 is 58.1 Å². The smallest absolute Gasteiger partial charge is 0.264 e. The van der Waals surface area contributed by atoms with Gasteiger partial charge in [-0.3, -0.25) is 10.1 Å². The third-order valence-corrected chi connectivity index (χ3v) is 8.06. The Morgan fingerprint density at radius 2 is 1.73 bits per heavy atom. The van der Waals surface area contributed by atoms with Gasteiger partial charge in [0, 0.05) is 5.75 Å². The summed E-state index contributed by atoms with van der Waals surface area (Å²) in [5, 5.41) is 23.9. The summed E-state index contributed by atoms with van der Waals surface area (Å²) in [5.74, 6) is 8.32. The Bertz CT molecular complexity index is 1580. The van der Waals surface area contributed by atoms with Crippen LogP contribution in [-0.4, -0.2) is 42.9 Å². The Morgan fingerprint density at radius 1 is 0.950 bits per heavy atom. The number of hydrogen-bond donors (Lipinski definition) is 3. The van der Waals surface area contributed by atoms with Crippen molar-refractivity contribution in [1.82, 2.24) is 25.1 Å². The second kappa shape index (κ2) is 13.6. The van der Waals surface area contributed by atoms with E-state index >= 15 is 0 Å². The molecule has 0 fully saturated rings. The predicted octanol–water partition coefficient (Wildman–Crippen LogP) is 5.10. The SMILES string of the molecule is Nn1c(N/N=C/c2cccc(Oc3ccccc3)c2)nnc1SCC(=O)Nc1nnc(SCc2ccccc2)s1. The van der Waals surface area contributed by atoms with E-state index in [2.05, 4.69) is 48.4 Å². The number of carbonyl (C=O) groups excluding carboxylic acids is 1. The molecule has 1 amide bonds. The lowest BCUT2D eigenvalue weighted by Gasteiger charge is -2.06. The van der Waals surface area contributed by atoms with Crippen LogP contribution in [0.3, 0.4) is 0 Å². The van der Waals surface area contributed by atoms with Crippen molar-refractivity contribution in [1.29, 1.82) is 0 Å². The summed E-state index contributed by atoms with van der Waals surface area (Å²) < 4.78 is 7.85. The molecule has 4 N–H and O–H groups in total. The van der Waals surface area contributed by atoms with Crippen LogP contribution in [0.2, 0.25) is 0 Å². The molecule has 0 saturated carbocycles. The number of nitrogens with two attached hydrogens (primary N) is 1. The van der Waals surface area contributed by atoms with Gasteiger partial charge >= 0.3 is 0 Å². The number of carbonyl (C=O) groups is 1. The topological polar surface area (TPSA) is 145 Å². The number of nitrogens with one attached hydrogen (secondary N) is 2. The summed E-state index contributed by atoms with van der Waals surface area (Å²) in [6, 6.07) is 27.1. The molecule has 0 bridgehead atoms. The Kier molecular flexibility index (Phi) is 9.24. The molecule has 0 radical (unpaired) electrons. The lowest BCUT2D eigenvalue weighted by molar-refractivity contribution is -0.113. The highest BCUT2D eigenvalue weighted by molar-refractivity contribution is 8.00. The van der Waals surface area contributed by atoms with Crippen LogP contribution in [0.15, 0.2) is 99.5 Å². The zero-order valence-electron chi connectivity index (χ0n) is 20.9. The number of nitrogens with zero attached hydrogens (tertiary/aromatic N) is 6. The normalized spacial score (nSPS) is 11.0. The molecule has 2 heterocycles. The average Bonchev–Trinajstić information content (AvgIpc) is 3.58. The molecule has 5 aromatic rings. The zero-order chi connectivity index (χ0) is 27.6. The number of rotatable bonds is 12. The first-order valence-corrected chi connectivity index (χ1v) is 14.7. The second-order valence-electron chi connectivity index (χ2n) is 8.02. The van der Waals surface area contributed by atoms with Crippen molar-refractivity contribution in [2.45, 2.75) is 15.2 Å². The zero-order valence-corrected chi connectivity index (χ0v) is 23.3. The fourth-order valence-electron chi connectivity index (χ4n) is 3.22. The molecule has 0 spiro atoms. The molecule has 0 unspecified atom stereocenters. The molecule has 3 aromatic carbocycles. The Labute approximate surface area is 242 Å². The van der Waals surface area contributed by atoms with Crippen molar-refractivity contribution in [3.63, 3.8) is 0 Å². The molecule has 202 valence electrons. The number of para-hydroxylation sites is 1. The van der Waals surface area contributed by atoms with Crippen molar-refractivity contribution in [3.8, 4) is 11.5 Å². The molecule has 0 aliphatic heterocycles. The third kappa shape index (κ3) is 7.81. The van der Waals surface area contributed by atoms with Crippen LogP contribution in [0.25, 0.3) is 0 Å². The van der Waals surface area contributed by atoms with E-state index in [1.807, 2.05) is 72.8 Å². The van der Waals surface area contributed by atoms with Crippen molar-refractivity contribution in [2.75, 3.05) is 22.3 Å². The third-order valence-electron chi connectivity index (χ3n) is 5.07. The summed E-state index contributed by atoms with van der Waals surface area (Å²) >= 11 is 4.03. The van der Waals surface area contributed by atoms with Gasteiger partial charge in [-0.25, -0.2) is 10.1 Å². The maximum atomic E-state index is 12.4.